The molecule has 0 aliphatic carbocycles. The number of nitrogens with zero attached hydrogens (tertiary/aromatic N) is 1. The lowest BCUT2D eigenvalue weighted by Gasteiger charge is -2.19. The van der Waals surface area contributed by atoms with Crippen LogP contribution in [-0.2, 0) is 15.4 Å². The summed E-state index contributed by atoms with van der Waals surface area (Å²) in [5.41, 5.74) is 8.72. The van der Waals surface area contributed by atoms with Crippen LogP contribution in [0.2, 0.25) is 0 Å². The van der Waals surface area contributed by atoms with Crippen molar-refractivity contribution in [3.05, 3.63) is 78.1 Å². The van der Waals surface area contributed by atoms with Crippen molar-refractivity contribution >= 4 is 32.7 Å². The van der Waals surface area contributed by atoms with E-state index in [0.717, 1.165) is 11.1 Å². The van der Waals surface area contributed by atoms with Gasteiger partial charge >= 0.3 is 0 Å². The Hall–Kier alpha value is -3.73. The molecule has 4 rings (SSSR count). The molecule has 0 fully saturated rings. The van der Waals surface area contributed by atoms with Gasteiger partial charge in [-0.05, 0) is 34.7 Å². The number of rotatable bonds is 7. The van der Waals surface area contributed by atoms with Crippen molar-refractivity contribution in [1.82, 2.24) is 15.3 Å². The number of pyridine rings is 1. The maximum Gasteiger partial charge on any atom is 0.269 e. The largest absolute Gasteiger partial charge is 0.393 e. The first-order chi connectivity index (χ1) is 17.0. The van der Waals surface area contributed by atoms with Crippen LogP contribution in [0.3, 0.4) is 0 Å². The van der Waals surface area contributed by atoms with E-state index < -0.39 is 28.7 Å². The summed E-state index contributed by atoms with van der Waals surface area (Å²) in [6.07, 6.45) is 0.447. The van der Waals surface area contributed by atoms with Crippen molar-refractivity contribution in [1.29, 1.82) is 0 Å². The second-order valence-electron chi connectivity index (χ2n) is 9.50. The van der Waals surface area contributed by atoms with Crippen LogP contribution < -0.4 is 15.8 Å². The topological polar surface area (TPSA) is 150 Å². The lowest BCUT2D eigenvalue weighted by Crippen LogP contribution is -2.44. The van der Waals surface area contributed by atoms with Crippen molar-refractivity contribution in [2.75, 3.05) is 11.3 Å². The number of nitrogens with two attached hydrogens (primary N) is 1. The Bertz CT molecular complexity index is 1490. The van der Waals surface area contributed by atoms with Crippen molar-refractivity contribution in [3.63, 3.8) is 0 Å². The smallest absolute Gasteiger partial charge is 0.269 e. The number of aliphatic hydroxyl groups excluding tert-OH is 1. The van der Waals surface area contributed by atoms with E-state index in [1.54, 1.807) is 30.3 Å². The second-order valence-corrected chi connectivity index (χ2v) is 11.2. The normalized spacial score (nSPS) is 12.9. The molecule has 2 heterocycles. The molecule has 0 saturated heterocycles. The van der Waals surface area contributed by atoms with Crippen LogP contribution in [0.25, 0.3) is 22.2 Å². The summed E-state index contributed by atoms with van der Waals surface area (Å²) in [7, 11) is -3.87. The van der Waals surface area contributed by atoms with Crippen LogP contribution >= 0.6 is 0 Å². The number of H-pyrrole nitrogens is 1. The Balaban J connectivity index is 1.74. The first-order valence-electron chi connectivity index (χ1n) is 11.4. The molecular formula is C26H29N5O4S. The Morgan fingerprint density at radius 2 is 1.78 bits per heavy atom. The van der Waals surface area contributed by atoms with E-state index >= 15 is 0 Å². The van der Waals surface area contributed by atoms with Crippen LogP contribution in [0.4, 0.5) is 5.69 Å². The number of fused-ring (bicyclic) bond motifs is 1. The zero-order valence-corrected chi connectivity index (χ0v) is 21.1. The quantitative estimate of drug-likeness (QED) is 0.242. The molecule has 0 aliphatic rings. The van der Waals surface area contributed by atoms with Crippen LogP contribution in [0, 0.1) is 0 Å². The van der Waals surface area contributed by atoms with Crippen molar-refractivity contribution in [2.24, 2.45) is 5.73 Å². The van der Waals surface area contributed by atoms with E-state index in [4.69, 9.17) is 5.73 Å². The summed E-state index contributed by atoms with van der Waals surface area (Å²) >= 11 is 0. The minimum Gasteiger partial charge on any atom is -0.393 e. The molecule has 0 spiro atoms. The van der Waals surface area contributed by atoms with E-state index in [1.807, 2.05) is 30.3 Å². The average Bonchev–Trinajstić information content (AvgIpc) is 3.23. The van der Waals surface area contributed by atoms with Gasteiger partial charge in [0.05, 0.1) is 23.4 Å². The number of hydrogen-bond acceptors (Lipinski definition) is 6. The van der Waals surface area contributed by atoms with Gasteiger partial charge in [0.15, 0.2) is 0 Å². The average molecular weight is 508 g/mol. The molecule has 4 aromatic rings. The van der Waals surface area contributed by atoms with Crippen LogP contribution in [0.1, 0.15) is 36.8 Å². The summed E-state index contributed by atoms with van der Waals surface area (Å²) in [5.74, 6) is -0.519. The standard InChI is InChI=1S/C26H29N5O4S/c1-26(2,3)17-9-11-19(12-10-17)36(34,35)31-18-13-20-22(16-7-5-4-6-8-16)23(30-24(20)28-14-18)25(33)29-21(27)15-32/h4-14,21,31-32H,15,27H2,1-3H3,(H,28,30)(H,29,33). The fraction of sp³-hybridized carbons (Fsp3) is 0.231. The van der Waals surface area contributed by atoms with Gasteiger partial charge in [-0.2, -0.15) is 0 Å². The highest BCUT2D eigenvalue weighted by molar-refractivity contribution is 7.92. The molecular weight excluding hydrogens is 478 g/mol. The van der Waals surface area contributed by atoms with Crippen LogP contribution in [0.5, 0.6) is 0 Å². The van der Waals surface area contributed by atoms with Gasteiger partial charge in [0.25, 0.3) is 15.9 Å². The number of carbonyl (C=O) groups excluding carboxylic acids is 1. The molecule has 36 heavy (non-hydrogen) atoms. The summed E-state index contributed by atoms with van der Waals surface area (Å²) in [6.45, 7) is 5.75. The lowest BCUT2D eigenvalue weighted by molar-refractivity contribution is 0.0915. The summed E-state index contributed by atoms with van der Waals surface area (Å²) in [5, 5.41) is 12.3. The number of anilines is 1. The fourth-order valence-corrected chi connectivity index (χ4v) is 4.87. The molecule has 9 nitrogen and oxygen atoms in total. The highest BCUT2D eigenvalue weighted by atomic mass is 32.2. The van der Waals surface area contributed by atoms with E-state index in [-0.39, 0.29) is 21.7 Å². The summed E-state index contributed by atoms with van der Waals surface area (Å²) in [4.78, 5) is 20.4. The van der Waals surface area contributed by atoms with Gasteiger partial charge in [-0.25, -0.2) is 13.4 Å². The number of aliphatic hydroxyl groups is 1. The molecule has 2 aromatic carbocycles. The van der Waals surface area contributed by atoms with Gasteiger partial charge in [0.2, 0.25) is 0 Å². The Morgan fingerprint density at radius 1 is 1.11 bits per heavy atom. The third kappa shape index (κ3) is 5.25. The first-order valence-corrected chi connectivity index (χ1v) is 12.9. The number of carbonyl (C=O) groups is 1. The molecule has 6 N–H and O–H groups in total. The van der Waals surface area contributed by atoms with E-state index in [9.17, 15) is 18.3 Å². The molecule has 0 saturated carbocycles. The van der Waals surface area contributed by atoms with Crippen LogP contribution in [0.15, 0.2) is 71.8 Å². The molecule has 0 radical (unpaired) electrons. The highest BCUT2D eigenvalue weighted by Crippen LogP contribution is 2.33. The number of hydrogen-bond donors (Lipinski definition) is 5. The molecule has 1 atom stereocenters. The van der Waals surface area contributed by atoms with Gasteiger partial charge in [-0.15, -0.1) is 0 Å². The maximum absolute atomic E-state index is 13.1. The fourth-order valence-electron chi connectivity index (χ4n) is 3.84. The molecule has 1 amide bonds. The minimum atomic E-state index is -3.87. The summed E-state index contributed by atoms with van der Waals surface area (Å²) in [6, 6.07) is 17.6. The van der Waals surface area contributed by atoms with Crippen LogP contribution in [-0.4, -0.2) is 42.2 Å². The minimum absolute atomic E-state index is 0.0993. The van der Waals surface area contributed by atoms with Crippen molar-refractivity contribution < 1.29 is 18.3 Å². The zero-order valence-electron chi connectivity index (χ0n) is 20.2. The molecule has 2 aromatic heterocycles. The van der Waals surface area contributed by atoms with Crippen molar-refractivity contribution in [2.45, 2.75) is 37.2 Å². The summed E-state index contributed by atoms with van der Waals surface area (Å²) < 4.78 is 28.7. The molecule has 10 heteroatoms. The Kier molecular flexibility index (Phi) is 6.85. The van der Waals surface area contributed by atoms with E-state index in [2.05, 4.69) is 40.8 Å². The predicted octanol–water partition coefficient (Wildman–Crippen LogP) is 3.34. The number of benzene rings is 2. The zero-order chi connectivity index (χ0) is 26.1. The van der Waals surface area contributed by atoms with Gasteiger partial charge in [0.1, 0.15) is 17.5 Å². The first kappa shape index (κ1) is 25.4. The molecule has 0 bridgehead atoms. The van der Waals surface area contributed by atoms with Gasteiger partial charge < -0.3 is 21.1 Å². The molecule has 1 unspecified atom stereocenters. The Labute approximate surface area is 209 Å². The van der Waals surface area contributed by atoms with E-state index in [1.165, 1.54) is 6.20 Å². The predicted molar refractivity (Wildman–Crippen MR) is 140 cm³/mol. The molecule has 188 valence electrons. The number of nitrogens with one attached hydrogen (secondary N) is 3. The number of sulfonamides is 1. The second kappa shape index (κ2) is 9.73. The SMILES string of the molecule is CC(C)(C)c1ccc(S(=O)(=O)Nc2cnc3[nH]c(C(=O)NC(N)CO)c(-c4ccccc4)c3c2)cc1. The Morgan fingerprint density at radius 3 is 2.39 bits per heavy atom. The highest BCUT2D eigenvalue weighted by Gasteiger charge is 2.23. The van der Waals surface area contributed by atoms with Crippen molar-refractivity contribution in [3.8, 4) is 11.1 Å². The molecule has 0 aliphatic heterocycles. The van der Waals surface area contributed by atoms with Gasteiger partial charge in [0, 0.05) is 10.9 Å². The maximum atomic E-state index is 13.1. The number of amides is 1. The third-order valence-corrected chi connectivity index (χ3v) is 7.13. The van der Waals surface area contributed by atoms with Gasteiger partial charge in [-0.3, -0.25) is 9.52 Å². The third-order valence-electron chi connectivity index (χ3n) is 5.74. The monoisotopic (exact) mass is 507 g/mol. The number of aromatic nitrogens is 2. The lowest BCUT2D eigenvalue weighted by atomic mass is 9.87. The van der Waals surface area contributed by atoms with Gasteiger partial charge in [-0.1, -0.05) is 63.2 Å². The number of aromatic amines is 1. The van der Waals surface area contributed by atoms with E-state index in [0.29, 0.717) is 16.6 Å².